The maximum absolute atomic E-state index is 8.93. The van der Waals surface area contributed by atoms with E-state index in [-0.39, 0.29) is 0 Å². The second-order valence-corrected chi connectivity index (χ2v) is 4.08. The molecule has 0 unspecified atom stereocenters. The Hall–Kier alpha value is -2.67. The van der Waals surface area contributed by atoms with Gasteiger partial charge in [-0.15, -0.1) is 0 Å². The van der Waals surface area contributed by atoms with E-state index in [2.05, 4.69) is 16.0 Å². The molecule has 0 amide bonds. The second-order valence-electron chi connectivity index (χ2n) is 4.08. The van der Waals surface area contributed by atoms with Crippen LogP contribution in [0.15, 0.2) is 43.0 Å². The summed E-state index contributed by atoms with van der Waals surface area (Å²) in [6, 6.07) is 7.92. The molecule has 3 aromatic heterocycles. The number of hydrogen-bond acceptors (Lipinski definition) is 3. The van der Waals surface area contributed by atoms with Crippen molar-refractivity contribution in [3.8, 4) is 17.2 Å². The number of nitrogens with zero attached hydrogens (tertiary/aromatic N) is 4. The maximum Gasteiger partial charge on any atom is 0.136 e. The van der Waals surface area contributed by atoms with Crippen molar-refractivity contribution in [1.82, 2.24) is 14.4 Å². The summed E-state index contributed by atoms with van der Waals surface area (Å²) in [4.78, 5) is 8.45. The lowest BCUT2D eigenvalue weighted by Crippen LogP contribution is -1.92. The number of imidazole rings is 1. The average Bonchev–Trinajstić information content (AvgIpc) is 2.86. The third-order valence-corrected chi connectivity index (χ3v) is 2.92. The summed E-state index contributed by atoms with van der Waals surface area (Å²) in [5, 5.41) is 8.93. The van der Waals surface area contributed by atoms with Crippen molar-refractivity contribution in [2.45, 2.75) is 6.92 Å². The van der Waals surface area contributed by atoms with Gasteiger partial charge >= 0.3 is 0 Å². The van der Waals surface area contributed by atoms with Gasteiger partial charge in [0.2, 0.25) is 0 Å². The van der Waals surface area contributed by atoms with Gasteiger partial charge in [0, 0.05) is 41.6 Å². The van der Waals surface area contributed by atoms with Gasteiger partial charge in [0.25, 0.3) is 0 Å². The molecule has 4 nitrogen and oxygen atoms in total. The molecule has 86 valence electrons. The third kappa shape index (κ3) is 1.62. The lowest BCUT2D eigenvalue weighted by molar-refractivity contribution is 1.16. The predicted molar refractivity (Wildman–Crippen MR) is 67.9 cm³/mol. The Morgan fingerprint density at radius 2 is 2.17 bits per heavy atom. The van der Waals surface area contributed by atoms with Crippen molar-refractivity contribution in [1.29, 1.82) is 5.26 Å². The Balaban J connectivity index is 2.22. The number of rotatable bonds is 1. The topological polar surface area (TPSA) is 54.0 Å². The largest absolute Gasteiger partial charge is 0.306 e. The number of aryl methyl sites for hydroxylation is 1. The minimum absolute atomic E-state index is 0.571. The van der Waals surface area contributed by atoms with Crippen LogP contribution >= 0.6 is 0 Å². The highest BCUT2D eigenvalue weighted by Gasteiger charge is 2.06. The zero-order valence-electron chi connectivity index (χ0n) is 9.83. The number of nitriles is 1. The van der Waals surface area contributed by atoms with Crippen LogP contribution in [-0.4, -0.2) is 14.4 Å². The van der Waals surface area contributed by atoms with Crippen molar-refractivity contribution in [3.63, 3.8) is 0 Å². The fourth-order valence-corrected chi connectivity index (χ4v) is 1.97. The number of hydrogen-bond donors (Lipinski definition) is 0. The summed E-state index contributed by atoms with van der Waals surface area (Å²) in [6.45, 7) is 1.94. The second kappa shape index (κ2) is 3.97. The number of pyridine rings is 2. The summed E-state index contributed by atoms with van der Waals surface area (Å²) in [5.41, 5.74) is 4.39. The van der Waals surface area contributed by atoms with Gasteiger partial charge in [-0.2, -0.15) is 5.26 Å². The number of fused-ring (bicyclic) bond motifs is 1. The summed E-state index contributed by atoms with van der Waals surface area (Å²) in [5.74, 6) is 0. The van der Waals surface area contributed by atoms with Crippen molar-refractivity contribution in [2.75, 3.05) is 0 Å². The van der Waals surface area contributed by atoms with E-state index in [0.717, 1.165) is 22.5 Å². The van der Waals surface area contributed by atoms with Gasteiger partial charge in [-0.05, 0) is 25.1 Å². The van der Waals surface area contributed by atoms with Crippen LogP contribution in [0.4, 0.5) is 0 Å². The molecular weight excluding hydrogens is 224 g/mol. The van der Waals surface area contributed by atoms with Gasteiger partial charge in [-0.25, -0.2) is 4.98 Å². The maximum atomic E-state index is 8.93. The van der Waals surface area contributed by atoms with Crippen LogP contribution in [-0.2, 0) is 0 Å². The van der Waals surface area contributed by atoms with Gasteiger partial charge in [-0.3, -0.25) is 4.98 Å². The minimum Gasteiger partial charge on any atom is -0.306 e. The summed E-state index contributed by atoms with van der Waals surface area (Å²) >= 11 is 0. The van der Waals surface area contributed by atoms with E-state index in [1.807, 2.05) is 41.9 Å². The smallest absolute Gasteiger partial charge is 0.136 e. The molecule has 0 fully saturated rings. The molecule has 3 rings (SSSR count). The Morgan fingerprint density at radius 3 is 3.00 bits per heavy atom. The van der Waals surface area contributed by atoms with Gasteiger partial charge in [0.15, 0.2) is 0 Å². The molecule has 0 radical (unpaired) electrons. The molecule has 4 heteroatoms. The summed E-state index contributed by atoms with van der Waals surface area (Å²) in [7, 11) is 0. The Bertz CT molecular complexity index is 765. The van der Waals surface area contributed by atoms with Crippen LogP contribution < -0.4 is 0 Å². The minimum atomic E-state index is 0.571. The van der Waals surface area contributed by atoms with E-state index >= 15 is 0 Å². The first-order valence-corrected chi connectivity index (χ1v) is 5.58. The quantitative estimate of drug-likeness (QED) is 0.650. The molecule has 0 spiro atoms. The molecule has 0 aliphatic rings. The van der Waals surface area contributed by atoms with Crippen LogP contribution in [0.1, 0.15) is 11.3 Å². The van der Waals surface area contributed by atoms with Crippen molar-refractivity contribution in [2.24, 2.45) is 0 Å². The summed E-state index contributed by atoms with van der Waals surface area (Å²) in [6.07, 6.45) is 7.24. The van der Waals surface area contributed by atoms with E-state index in [9.17, 15) is 0 Å². The Morgan fingerprint density at radius 1 is 1.28 bits per heavy atom. The highest BCUT2D eigenvalue weighted by Crippen LogP contribution is 2.23. The lowest BCUT2D eigenvalue weighted by atomic mass is 10.0. The molecule has 0 aliphatic heterocycles. The summed E-state index contributed by atoms with van der Waals surface area (Å²) < 4.78 is 1.95. The highest BCUT2D eigenvalue weighted by atomic mass is 15.0. The van der Waals surface area contributed by atoms with E-state index in [0.29, 0.717) is 5.56 Å². The first-order valence-electron chi connectivity index (χ1n) is 5.58. The standard InChI is InChI=1S/C14H10N4/c1-10-13(6-11(7-15)8-17-10)12-2-3-14-16-4-5-18(14)9-12/h2-6,8-9H,1H3. The Labute approximate surface area is 104 Å². The van der Waals surface area contributed by atoms with Crippen molar-refractivity contribution in [3.05, 3.63) is 54.2 Å². The van der Waals surface area contributed by atoms with Gasteiger partial charge < -0.3 is 4.40 Å². The molecule has 0 bridgehead atoms. The van der Waals surface area contributed by atoms with Gasteiger partial charge in [-0.1, -0.05) is 0 Å². The molecule has 0 saturated carbocycles. The molecule has 18 heavy (non-hydrogen) atoms. The molecule has 0 aliphatic carbocycles. The fraction of sp³-hybridized carbons (Fsp3) is 0.0714. The van der Waals surface area contributed by atoms with Crippen LogP contribution in [0.25, 0.3) is 16.8 Å². The van der Waals surface area contributed by atoms with E-state index < -0.39 is 0 Å². The van der Waals surface area contributed by atoms with Gasteiger partial charge in [0.05, 0.1) is 5.56 Å². The van der Waals surface area contributed by atoms with Crippen LogP contribution in [0.2, 0.25) is 0 Å². The lowest BCUT2D eigenvalue weighted by Gasteiger charge is -2.06. The third-order valence-electron chi connectivity index (χ3n) is 2.92. The number of aromatic nitrogens is 3. The molecule has 3 aromatic rings. The zero-order valence-corrected chi connectivity index (χ0v) is 9.83. The van der Waals surface area contributed by atoms with Gasteiger partial charge in [0.1, 0.15) is 11.7 Å². The normalized spacial score (nSPS) is 10.4. The van der Waals surface area contributed by atoms with E-state index in [1.165, 1.54) is 0 Å². The van der Waals surface area contributed by atoms with Crippen LogP contribution in [0.5, 0.6) is 0 Å². The first-order chi connectivity index (χ1) is 8.78. The SMILES string of the molecule is Cc1ncc(C#N)cc1-c1ccc2nccn2c1. The van der Waals surface area contributed by atoms with Crippen molar-refractivity contribution < 1.29 is 0 Å². The molecule has 3 heterocycles. The Kier molecular flexibility index (Phi) is 2.31. The molecular formula is C14H10N4. The zero-order chi connectivity index (χ0) is 12.5. The first kappa shape index (κ1) is 10.5. The molecule has 0 aromatic carbocycles. The predicted octanol–water partition coefficient (Wildman–Crippen LogP) is 2.58. The van der Waals surface area contributed by atoms with Crippen molar-refractivity contribution >= 4 is 5.65 Å². The van der Waals surface area contributed by atoms with E-state index in [1.54, 1.807) is 12.4 Å². The molecule has 0 atom stereocenters. The van der Waals surface area contributed by atoms with Crippen LogP contribution in [0, 0.1) is 18.3 Å². The fourth-order valence-electron chi connectivity index (χ4n) is 1.97. The molecule has 0 saturated heterocycles. The highest BCUT2D eigenvalue weighted by molar-refractivity contribution is 5.68. The molecule has 0 N–H and O–H groups in total. The van der Waals surface area contributed by atoms with Crippen LogP contribution in [0.3, 0.4) is 0 Å². The monoisotopic (exact) mass is 234 g/mol. The average molecular weight is 234 g/mol. The van der Waals surface area contributed by atoms with E-state index in [4.69, 9.17) is 5.26 Å².